The normalized spacial score (nSPS) is 18.4. The number of nitrogens with two attached hydrogens (primary N) is 1. The summed E-state index contributed by atoms with van der Waals surface area (Å²) in [5.74, 6) is 1.22. The lowest BCUT2D eigenvalue weighted by Crippen LogP contribution is -2.28. The zero-order valence-corrected chi connectivity index (χ0v) is 10.8. The number of hydrogen-bond acceptors (Lipinski definition) is 6. The molecular weight excluding hydrogens is 234 g/mol. The smallest absolute Gasteiger partial charge is 0.240 e. The fourth-order valence-corrected chi connectivity index (χ4v) is 2.14. The molecule has 6 heteroatoms. The van der Waals surface area contributed by atoms with E-state index >= 15 is 0 Å². The molecular formula is C12H19N3O3. The van der Waals surface area contributed by atoms with E-state index < -0.39 is 0 Å². The monoisotopic (exact) mass is 253 g/mol. The van der Waals surface area contributed by atoms with Crippen molar-refractivity contribution in [1.82, 2.24) is 9.97 Å². The van der Waals surface area contributed by atoms with Crippen LogP contribution >= 0.6 is 0 Å². The minimum atomic E-state index is -0.178. The van der Waals surface area contributed by atoms with Crippen LogP contribution in [0.1, 0.15) is 24.6 Å². The standard InChI is InChI=1S/C12H19N3O3/c1-16-9-7-14-11(12(15-9)17-2)10(13)8-3-5-18-6-4-8/h7-8,10H,3-6,13H2,1-2H3. The average molecular weight is 253 g/mol. The lowest BCUT2D eigenvalue weighted by molar-refractivity contribution is 0.0575. The van der Waals surface area contributed by atoms with Crippen LogP contribution in [0.4, 0.5) is 0 Å². The molecule has 0 spiro atoms. The third kappa shape index (κ3) is 2.70. The minimum Gasteiger partial charge on any atom is -0.480 e. The van der Waals surface area contributed by atoms with Gasteiger partial charge in [-0.15, -0.1) is 0 Å². The van der Waals surface area contributed by atoms with Crippen LogP contribution in [0.2, 0.25) is 0 Å². The van der Waals surface area contributed by atoms with Gasteiger partial charge >= 0.3 is 0 Å². The predicted molar refractivity (Wildman–Crippen MR) is 65.6 cm³/mol. The third-order valence-electron chi connectivity index (χ3n) is 3.24. The molecule has 1 aromatic heterocycles. The second-order valence-corrected chi connectivity index (χ2v) is 4.28. The molecule has 1 saturated heterocycles. The molecule has 6 nitrogen and oxygen atoms in total. The van der Waals surface area contributed by atoms with Crippen LogP contribution in [0.15, 0.2) is 6.20 Å². The summed E-state index contributed by atoms with van der Waals surface area (Å²) >= 11 is 0. The fourth-order valence-electron chi connectivity index (χ4n) is 2.14. The molecule has 0 amide bonds. The lowest BCUT2D eigenvalue weighted by Gasteiger charge is -2.27. The van der Waals surface area contributed by atoms with E-state index in [1.165, 1.54) is 0 Å². The van der Waals surface area contributed by atoms with Gasteiger partial charge in [-0.25, -0.2) is 4.98 Å². The first-order valence-electron chi connectivity index (χ1n) is 6.04. The number of ether oxygens (including phenoxy) is 3. The van der Waals surface area contributed by atoms with Gasteiger partial charge < -0.3 is 19.9 Å². The summed E-state index contributed by atoms with van der Waals surface area (Å²) in [7, 11) is 3.10. The summed E-state index contributed by atoms with van der Waals surface area (Å²) in [4.78, 5) is 8.52. The van der Waals surface area contributed by atoms with Gasteiger partial charge in [0.2, 0.25) is 11.8 Å². The molecule has 2 N–H and O–H groups in total. The van der Waals surface area contributed by atoms with Gasteiger partial charge in [0.25, 0.3) is 0 Å². The van der Waals surface area contributed by atoms with E-state index in [2.05, 4.69) is 9.97 Å². The van der Waals surface area contributed by atoms with E-state index in [0.29, 0.717) is 23.4 Å². The lowest BCUT2D eigenvalue weighted by atomic mass is 9.90. The highest BCUT2D eigenvalue weighted by molar-refractivity contribution is 5.26. The van der Waals surface area contributed by atoms with Crippen LogP contribution in [-0.2, 0) is 4.74 Å². The van der Waals surface area contributed by atoms with Crippen LogP contribution < -0.4 is 15.2 Å². The number of rotatable bonds is 4. The van der Waals surface area contributed by atoms with Crippen molar-refractivity contribution in [3.8, 4) is 11.8 Å². The van der Waals surface area contributed by atoms with E-state index in [1.54, 1.807) is 20.4 Å². The first kappa shape index (κ1) is 13.0. The van der Waals surface area contributed by atoms with Crippen LogP contribution in [0.3, 0.4) is 0 Å². The predicted octanol–water partition coefficient (Wildman–Crippen LogP) is 0.920. The summed E-state index contributed by atoms with van der Waals surface area (Å²) < 4.78 is 15.6. The Morgan fingerprint density at radius 3 is 2.67 bits per heavy atom. The highest BCUT2D eigenvalue weighted by Gasteiger charge is 2.26. The van der Waals surface area contributed by atoms with E-state index in [9.17, 15) is 0 Å². The molecule has 1 aromatic rings. The van der Waals surface area contributed by atoms with Crippen molar-refractivity contribution in [2.24, 2.45) is 11.7 Å². The molecule has 2 heterocycles. The zero-order valence-electron chi connectivity index (χ0n) is 10.8. The Kier molecular flexibility index (Phi) is 4.33. The quantitative estimate of drug-likeness (QED) is 0.859. The third-order valence-corrected chi connectivity index (χ3v) is 3.24. The van der Waals surface area contributed by atoms with Gasteiger partial charge in [-0.05, 0) is 18.8 Å². The van der Waals surface area contributed by atoms with E-state index in [-0.39, 0.29) is 6.04 Å². The number of aromatic nitrogens is 2. The Balaban J connectivity index is 2.20. The molecule has 0 saturated carbocycles. The molecule has 0 aromatic carbocycles. The summed E-state index contributed by atoms with van der Waals surface area (Å²) in [5, 5.41) is 0. The maximum Gasteiger partial charge on any atom is 0.240 e. The highest BCUT2D eigenvalue weighted by Crippen LogP contribution is 2.31. The summed E-state index contributed by atoms with van der Waals surface area (Å²) in [6.45, 7) is 1.51. The van der Waals surface area contributed by atoms with Crippen LogP contribution in [0.25, 0.3) is 0 Å². The molecule has 1 fully saturated rings. The molecule has 2 rings (SSSR count). The summed E-state index contributed by atoms with van der Waals surface area (Å²) in [6.07, 6.45) is 3.45. The molecule has 1 aliphatic heterocycles. The maximum atomic E-state index is 6.26. The van der Waals surface area contributed by atoms with Gasteiger partial charge in [-0.3, -0.25) is 0 Å². The topological polar surface area (TPSA) is 79.5 Å². The van der Waals surface area contributed by atoms with Crippen LogP contribution in [-0.4, -0.2) is 37.4 Å². The fraction of sp³-hybridized carbons (Fsp3) is 0.667. The van der Waals surface area contributed by atoms with Crippen molar-refractivity contribution in [2.45, 2.75) is 18.9 Å². The molecule has 18 heavy (non-hydrogen) atoms. The van der Waals surface area contributed by atoms with Crippen molar-refractivity contribution in [2.75, 3.05) is 27.4 Å². The first-order chi connectivity index (χ1) is 8.76. The van der Waals surface area contributed by atoms with Gasteiger partial charge in [-0.1, -0.05) is 0 Å². The Bertz CT molecular complexity index is 394. The average Bonchev–Trinajstić information content (AvgIpc) is 2.46. The first-order valence-corrected chi connectivity index (χ1v) is 6.04. The highest BCUT2D eigenvalue weighted by atomic mass is 16.5. The van der Waals surface area contributed by atoms with Gasteiger partial charge in [0, 0.05) is 13.2 Å². The second-order valence-electron chi connectivity index (χ2n) is 4.28. The van der Waals surface area contributed by atoms with Crippen LogP contribution in [0, 0.1) is 5.92 Å². The molecule has 0 radical (unpaired) electrons. The summed E-state index contributed by atoms with van der Waals surface area (Å²) in [6, 6.07) is -0.178. The van der Waals surface area contributed by atoms with E-state index in [4.69, 9.17) is 19.9 Å². The van der Waals surface area contributed by atoms with Crippen molar-refractivity contribution in [1.29, 1.82) is 0 Å². The maximum absolute atomic E-state index is 6.26. The molecule has 1 unspecified atom stereocenters. The van der Waals surface area contributed by atoms with Gasteiger partial charge in [0.05, 0.1) is 26.5 Å². The van der Waals surface area contributed by atoms with Gasteiger partial charge in [-0.2, -0.15) is 4.98 Å². The van der Waals surface area contributed by atoms with Gasteiger partial charge in [0.15, 0.2) is 0 Å². The number of methoxy groups -OCH3 is 2. The Hall–Kier alpha value is -1.40. The number of hydrogen-bond donors (Lipinski definition) is 1. The van der Waals surface area contributed by atoms with E-state index in [1.807, 2.05) is 0 Å². The molecule has 1 aliphatic rings. The van der Waals surface area contributed by atoms with Crippen LogP contribution in [0.5, 0.6) is 11.8 Å². The molecule has 0 bridgehead atoms. The van der Waals surface area contributed by atoms with Crippen molar-refractivity contribution >= 4 is 0 Å². The Labute approximate surface area is 106 Å². The Morgan fingerprint density at radius 1 is 1.33 bits per heavy atom. The van der Waals surface area contributed by atoms with Crippen molar-refractivity contribution < 1.29 is 14.2 Å². The molecule has 1 atom stereocenters. The molecule has 0 aliphatic carbocycles. The van der Waals surface area contributed by atoms with Crippen molar-refractivity contribution in [3.63, 3.8) is 0 Å². The largest absolute Gasteiger partial charge is 0.480 e. The van der Waals surface area contributed by atoms with E-state index in [0.717, 1.165) is 26.1 Å². The second kappa shape index (κ2) is 5.97. The SMILES string of the molecule is COc1cnc(C(N)C2CCOCC2)c(OC)n1. The Morgan fingerprint density at radius 2 is 2.06 bits per heavy atom. The zero-order chi connectivity index (χ0) is 13.0. The van der Waals surface area contributed by atoms with Crippen molar-refractivity contribution in [3.05, 3.63) is 11.9 Å². The summed E-state index contributed by atoms with van der Waals surface area (Å²) in [5.41, 5.74) is 6.94. The number of nitrogens with zero attached hydrogens (tertiary/aromatic N) is 2. The molecule has 100 valence electrons. The minimum absolute atomic E-state index is 0.178. The van der Waals surface area contributed by atoms with Gasteiger partial charge in [0.1, 0.15) is 5.69 Å².